The third kappa shape index (κ3) is 3.72. The fourth-order valence-corrected chi connectivity index (χ4v) is 4.40. The fourth-order valence-electron chi connectivity index (χ4n) is 2.99. The van der Waals surface area contributed by atoms with Crippen molar-refractivity contribution in [2.75, 3.05) is 11.4 Å². The first-order valence-electron chi connectivity index (χ1n) is 8.23. The summed E-state index contributed by atoms with van der Waals surface area (Å²) in [6.45, 7) is 4.20. The van der Waals surface area contributed by atoms with Crippen LogP contribution in [0, 0.1) is 6.92 Å². The van der Waals surface area contributed by atoms with E-state index in [2.05, 4.69) is 9.71 Å². The fraction of sp³-hybridized carbons (Fsp3) is 0.333. The molecule has 1 N–H and O–H groups in total. The van der Waals surface area contributed by atoms with Crippen molar-refractivity contribution in [3.05, 3.63) is 53.7 Å². The number of hydrogen-bond acceptors (Lipinski definition) is 4. The van der Waals surface area contributed by atoms with Crippen molar-refractivity contribution >= 4 is 21.6 Å². The van der Waals surface area contributed by atoms with E-state index in [1.54, 1.807) is 30.9 Å². The average Bonchev–Trinajstić information content (AvgIpc) is 3.01. The zero-order valence-electron chi connectivity index (χ0n) is 14.3. The standard InChI is InChI=1S/C18H21N3O3S/c1-13-6-4-10-19-18(13)25(23,24)20-14(2)15-7-3-8-16(12-15)21-11-5-9-17(21)22/h3-4,6-8,10,12,14,20H,5,9,11H2,1-2H3. The van der Waals surface area contributed by atoms with Crippen molar-refractivity contribution in [2.24, 2.45) is 0 Å². The van der Waals surface area contributed by atoms with Crippen molar-refractivity contribution in [1.82, 2.24) is 9.71 Å². The van der Waals surface area contributed by atoms with Gasteiger partial charge >= 0.3 is 0 Å². The number of carbonyl (C=O) groups is 1. The summed E-state index contributed by atoms with van der Waals surface area (Å²) in [6, 6.07) is 10.4. The number of pyridine rings is 1. The molecule has 2 heterocycles. The largest absolute Gasteiger partial charge is 0.312 e. The molecule has 25 heavy (non-hydrogen) atoms. The zero-order valence-corrected chi connectivity index (χ0v) is 15.1. The topological polar surface area (TPSA) is 79.4 Å². The van der Waals surface area contributed by atoms with E-state index < -0.39 is 16.1 Å². The number of carbonyl (C=O) groups excluding carboxylic acids is 1. The Balaban J connectivity index is 1.83. The molecule has 1 fully saturated rings. The minimum absolute atomic E-state index is 0.0349. The number of anilines is 1. The smallest absolute Gasteiger partial charge is 0.258 e. The first-order chi connectivity index (χ1) is 11.9. The molecule has 0 bridgehead atoms. The quantitative estimate of drug-likeness (QED) is 0.890. The number of nitrogens with zero attached hydrogens (tertiary/aromatic N) is 2. The summed E-state index contributed by atoms with van der Waals surface area (Å²) in [5.74, 6) is 0.106. The van der Waals surface area contributed by atoms with Crippen molar-refractivity contribution in [2.45, 2.75) is 37.8 Å². The van der Waals surface area contributed by atoms with Gasteiger partial charge in [-0.05, 0) is 49.6 Å². The highest BCUT2D eigenvalue weighted by Crippen LogP contribution is 2.25. The van der Waals surface area contributed by atoms with E-state index in [1.807, 2.05) is 24.3 Å². The lowest BCUT2D eigenvalue weighted by Gasteiger charge is -2.19. The van der Waals surface area contributed by atoms with Gasteiger partial charge in [0.15, 0.2) is 5.03 Å². The molecule has 0 aliphatic carbocycles. The van der Waals surface area contributed by atoms with Gasteiger partial charge in [0.1, 0.15) is 0 Å². The second kappa shape index (κ2) is 6.93. The molecular weight excluding hydrogens is 338 g/mol. The molecule has 132 valence electrons. The number of aromatic nitrogens is 1. The van der Waals surface area contributed by atoms with Gasteiger partial charge in [-0.1, -0.05) is 18.2 Å². The van der Waals surface area contributed by atoms with Crippen LogP contribution in [0.3, 0.4) is 0 Å². The van der Waals surface area contributed by atoms with Crippen molar-refractivity contribution in [3.63, 3.8) is 0 Å². The Morgan fingerprint density at radius 2 is 2.04 bits per heavy atom. The maximum absolute atomic E-state index is 12.6. The maximum atomic E-state index is 12.6. The number of benzene rings is 1. The molecule has 1 saturated heterocycles. The van der Waals surface area contributed by atoms with Crippen molar-refractivity contribution < 1.29 is 13.2 Å². The third-order valence-corrected chi connectivity index (χ3v) is 5.90. The molecule has 3 rings (SSSR count). The van der Waals surface area contributed by atoms with E-state index in [0.29, 0.717) is 18.5 Å². The van der Waals surface area contributed by atoms with Gasteiger partial charge in [0.2, 0.25) is 5.91 Å². The lowest BCUT2D eigenvalue weighted by Crippen LogP contribution is -2.29. The summed E-state index contributed by atoms with van der Waals surface area (Å²) in [5, 5.41) is 0.0349. The Morgan fingerprint density at radius 1 is 1.24 bits per heavy atom. The molecule has 1 aliphatic heterocycles. The molecule has 0 saturated carbocycles. The second-order valence-electron chi connectivity index (χ2n) is 6.21. The lowest BCUT2D eigenvalue weighted by atomic mass is 10.1. The van der Waals surface area contributed by atoms with Crippen LogP contribution in [0.1, 0.15) is 36.9 Å². The minimum Gasteiger partial charge on any atom is -0.312 e. The molecule has 1 aliphatic rings. The number of nitrogens with one attached hydrogen (secondary N) is 1. The predicted molar refractivity (Wildman–Crippen MR) is 95.7 cm³/mol. The highest BCUT2D eigenvalue weighted by molar-refractivity contribution is 7.89. The Labute approximate surface area is 147 Å². The van der Waals surface area contributed by atoms with E-state index in [-0.39, 0.29) is 10.9 Å². The summed E-state index contributed by atoms with van der Waals surface area (Å²) in [4.78, 5) is 17.6. The first kappa shape index (κ1) is 17.6. The molecule has 1 atom stereocenters. The van der Waals surface area contributed by atoms with E-state index >= 15 is 0 Å². The molecular formula is C18H21N3O3S. The van der Waals surface area contributed by atoms with Crippen LogP contribution in [-0.4, -0.2) is 25.9 Å². The van der Waals surface area contributed by atoms with Crippen LogP contribution in [0.25, 0.3) is 0 Å². The van der Waals surface area contributed by atoms with Crippen LogP contribution in [0.2, 0.25) is 0 Å². The number of rotatable bonds is 5. The van der Waals surface area contributed by atoms with Gasteiger partial charge in [0.05, 0.1) is 0 Å². The molecule has 1 aromatic carbocycles. The van der Waals surface area contributed by atoms with Crippen molar-refractivity contribution in [1.29, 1.82) is 0 Å². The summed E-state index contributed by atoms with van der Waals surface area (Å²) < 4.78 is 27.8. The van der Waals surface area contributed by atoms with E-state index in [1.165, 1.54) is 6.20 Å². The number of amides is 1. The van der Waals surface area contributed by atoms with E-state index in [9.17, 15) is 13.2 Å². The van der Waals surface area contributed by atoms with Crippen LogP contribution in [-0.2, 0) is 14.8 Å². The van der Waals surface area contributed by atoms with Crippen LogP contribution in [0.5, 0.6) is 0 Å². The van der Waals surface area contributed by atoms with Gasteiger partial charge in [-0.25, -0.2) is 18.1 Å². The molecule has 6 nitrogen and oxygen atoms in total. The second-order valence-corrected chi connectivity index (χ2v) is 7.84. The van der Waals surface area contributed by atoms with Gasteiger partial charge in [-0.2, -0.15) is 0 Å². The summed E-state index contributed by atoms with van der Waals surface area (Å²) >= 11 is 0. The van der Waals surface area contributed by atoms with E-state index in [0.717, 1.165) is 17.7 Å². The highest BCUT2D eigenvalue weighted by Gasteiger charge is 2.24. The van der Waals surface area contributed by atoms with Crippen LogP contribution in [0.15, 0.2) is 47.6 Å². The minimum atomic E-state index is -3.72. The summed E-state index contributed by atoms with van der Waals surface area (Å²) in [5.41, 5.74) is 2.20. The van der Waals surface area contributed by atoms with Gasteiger partial charge in [-0.3, -0.25) is 4.79 Å². The van der Waals surface area contributed by atoms with E-state index in [4.69, 9.17) is 0 Å². The Bertz CT molecular complexity index is 896. The van der Waals surface area contributed by atoms with Crippen molar-refractivity contribution in [3.8, 4) is 0 Å². The lowest BCUT2D eigenvalue weighted by molar-refractivity contribution is -0.117. The number of hydrogen-bond donors (Lipinski definition) is 1. The average molecular weight is 359 g/mol. The van der Waals surface area contributed by atoms with Crippen LogP contribution >= 0.6 is 0 Å². The Hall–Kier alpha value is -2.25. The molecule has 2 aromatic rings. The molecule has 1 aromatic heterocycles. The number of aryl methyl sites for hydroxylation is 1. The molecule has 0 radical (unpaired) electrons. The van der Waals surface area contributed by atoms with Gasteiger partial charge < -0.3 is 4.90 Å². The Kier molecular flexibility index (Phi) is 4.87. The Morgan fingerprint density at radius 3 is 2.72 bits per heavy atom. The zero-order chi connectivity index (χ0) is 18.0. The van der Waals surface area contributed by atoms with Gasteiger partial charge in [0.25, 0.3) is 10.0 Å². The molecule has 1 unspecified atom stereocenters. The summed E-state index contributed by atoms with van der Waals surface area (Å²) in [7, 11) is -3.72. The van der Waals surface area contributed by atoms with Crippen LogP contribution in [0.4, 0.5) is 5.69 Å². The van der Waals surface area contributed by atoms with Gasteiger partial charge in [0, 0.05) is 30.9 Å². The first-order valence-corrected chi connectivity index (χ1v) is 9.71. The third-order valence-electron chi connectivity index (χ3n) is 4.30. The maximum Gasteiger partial charge on any atom is 0.258 e. The predicted octanol–water partition coefficient (Wildman–Crippen LogP) is 2.56. The van der Waals surface area contributed by atoms with Gasteiger partial charge in [-0.15, -0.1) is 0 Å². The molecule has 1 amide bonds. The summed E-state index contributed by atoms with van der Waals surface area (Å²) in [6.07, 6.45) is 2.88. The SMILES string of the molecule is Cc1cccnc1S(=O)(=O)NC(C)c1cccc(N2CCCC2=O)c1. The highest BCUT2D eigenvalue weighted by atomic mass is 32.2. The number of sulfonamides is 1. The molecule has 7 heteroatoms. The molecule has 0 spiro atoms. The normalized spacial score (nSPS) is 16.2. The monoisotopic (exact) mass is 359 g/mol. The van der Waals surface area contributed by atoms with Crippen LogP contribution < -0.4 is 9.62 Å².